The molecule has 0 spiro atoms. The normalized spacial score (nSPS) is 12.6. The molecule has 0 aliphatic carbocycles. The smallest absolute Gasteiger partial charge is 0.134 e. The molecule has 0 aliphatic heterocycles. The van der Waals surface area contributed by atoms with Gasteiger partial charge in [-0.15, -0.1) is 0 Å². The minimum atomic E-state index is 0.577. The van der Waals surface area contributed by atoms with Crippen LogP contribution in [0, 0.1) is 0 Å². The Morgan fingerprint density at radius 1 is 0.595 bits per heavy atom. The van der Waals surface area contributed by atoms with Crippen molar-refractivity contribution in [3.8, 4) is 22.6 Å². The quantitative estimate of drug-likeness (QED) is 0.189. The summed E-state index contributed by atoms with van der Waals surface area (Å²) in [6.07, 6.45) is 4.29. The number of amidine groups is 2. The van der Waals surface area contributed by atoms with Crippen molar-refractivity contribution in [2.75, 3.05) is 54.4 Å². The van der Waals surface area contributed by atoms with Crippen LogP contribution in [0.1, 0.15) is 36.8 Å². The molecule has 0 radical (unpaired) electrons. The van der Waals surface area contributed by atoms with E-state index in [1.165, 1.54) is 0 Å². The van der Waals surface area contributed by atoms with Gasteiger partial charge in [0.25, 0.3) is 0 Å². The van der Waals surface area contributed by atoms with E-state index in [0.29, 0.717) is 11.7 Å². The SMILES string of the molecule is CN(C)CCCCN=C(N)c1ccc(-c2ccc(-c3ccc(C(N)=NCCCCN(C)C)cc3)o2)cc1. The van der Waals surface area contributed by atoms with Gasteiger partial charge in [-0.2, -0.15) is 0 Å². The van der Waals surface area contributed by atoms with Crippen LogP contribution in [0.2, 0.25) is 0 Å². The molecule has 7 nitrogen and oxygen atoms in total. The van der Waals surface area contributed by atoms with Crippen LogP contribution in [-0.2, 0) is 0 Å². The Hall–Kier alpha value is -3.42. The van der Waals surface area contributed by atoms with Gasteiger partial charge >= 0.3 is 0 Å². The second-order valence-corrected chi connectivity index (χ2v) is 9.87. The summed E-state index contributed by atoms with van der Waals surface area (Å²) in [5, 5.41) is 0. The zero-order chi connectivity index (χ0) is 26.6. The average molecular weight is 503 g/mol. The summed E-state index contributed by atoms with van der Waals surface area (Å²) in [5.41, 5.74) is 16.2. The van der Waals surface area contributed by atoms with Gasteiger partial charge in [0.2, 0.25) is 0 Å². The van der Waals surface area contributed by atoms with Crippen LogP contribution in [0.3, 0.4) is 0 Å². The third-order valence-electron chi connectivity index (χ3n) is 6.13. The van der Waals surface area contributed by atoms with Gasteiger partial charge in [0.05, 0.1) is 0 Å². The van der Waals surface area contributed by atoms with Gasteiger partial charge in [-0.05, 0) is 79.1 Å². The van der Waals surface area contributed by atoms with E-state index < -0.39 is 0 Å². The van der Waals surface area contributed by atoms with Crippen molar-refractivity contribution >= 4 is 11.7 Å². The maximum Gasteiger partial charge on any atom is 0.134 e. The van der Waals surface area contributed by atoms with Crippen molar-refractivity contribution in [3.05, 3.63) is 71.8 Å². The van der Waals surface area contributed by atoms with Crippen LogP contribution in [0.5, 0.6) is 0 Å². The molecule has 1 heterocycles. The summed E-state index contributed by atoms with van der Waals surface area (Å²) >= 11 is 0. The summed E-state index contributed by atoms with van der Waals surface area (Å²) in [6.45, 7) is 3.63. The van der Waals surface area contributed by atoms with Gasteiger partial charge in [0.1, 0.15) is 23.2 Å². The second kappa shape index (κ2) is 14.4. The number of aliphatic imine (C=N–C) groups is 2. The van der Waals surface area contributed by atoms with Gasteiger partial charge < -0.3 is 25.7 Å². The van der Waals surface area contributed by atoms with Crippen LogP contribution < -0.4 is 11.5 Å². The summed E-state index contributed by atoms with van der Waals surface area (Å²) in [5.74, 6) is 2.77. The number of furan rings is 1. The maximum atomic E-state index is 6.19. The molecule has 7 heteroatoms. The van der Waals surface area contributed by atoms with E-state index >= 15 is 0 Å². The number of nitrogens with two attached hydrogens (primary N) is 2. The van der Waals surface area contributed by atoms with E-state index in [1.807, 2.05) is 60.7 Å². The van der Waals surface area contributed by atoms with Crippen molar-refractivity contribution in [1.82, 2.24) is 9.80 Å². The summed E-state index contributed by atoms with van der Waals surface area (Å²) in [7, 11) is 8.33. The minimum absolute atomic E-state index is 0.577. The summed E-state index contributed by atoms with van der Waals surface area (Å²) in [6, 6.07) is 20.0. The Morgan fingerprint density at radius 3 is 1.32 bits per heavy atom. The number of hydrogen-bond acceptors (Lipinski definition) is 5. The lowest BCUT2D eigenvalue weighted by molar-refractivity contribution is 0.396. The highest BCUT2D eigenvalue weighted by Gasteiger charge is 2.09. The Balaban J connectivity index is 1.56. The van der Waals surface area contributed by atoms with Crippen molar-refractivity contribution in [2.45, 2.75) is 25.7 Å². The summed E-state index contributed by atoms with van der Waals surface area (Å²) < 4.78 is 6.15. The van der Waals surface area contributed by atoms with E-state index in [4.69, 9.17) is 15.9 Å². The van der Waals surface area contributed by atoms with Crippen molar-refractivity contribution in [1.29, 1.82) is 0 Å². The van der Waals surface area contributed by atoms with Crippen LogP contribution in [0.25, 0.3) is 22.6 Å². The third-order valence-corrected chi connectivity index (χ3v) is 6.13. The number of benzene rings is 2. The van der Waals surface area contributed by atoms with Crippen molar-refractivity contribution in [2.24, 2.45) is 21.5 Å². The molecule has 37 heavy (non-hydrogen) atoms. The number of unbranched alkanes of at least 4 members (excludes halogenated alkanes) is 2. The third kappa shape index (κ3) is 9.19. The van der Waals surface area contributed by atoms with Crippen molar-refractivity contribution in [3.63, 3.8) is 0 Å². The van der Waals surface area contributed by atoms with Crippen LogP contribution in [0.15, 0.2) is 75.1 Å². The lowest BCUT2D eigenvalue weighted by Gasteiger charge is -2.08. The van der Waals surface area contributed by atoms with E-state index in [9.17, 15) is 0 Å². The molecule has 4 N–H and O–H groups in total. The lowest BCUT2D eigenvalue weighted by Crippen LogP contribution is -2.15. The average Bonchev–Trinajstić information content (AvgIpc) is 3.38. The fraction of sp³-hybridized carbons (Fsp3) is 0.400. The molecule has 0 saturated carbocycles. The first-order chi connectivity index (χ1) is 17.8. The highest BCUT2D eigenvalue weighted by molar-refractivity contribution is 5.98. The first-order valence-electron chi connectivity index (χ1n) is 13.0. The molecule has 2 aromatic carbocycles. The fourth-order valence-electron chi connectivity index (χ4n) is 3.92. The van der Waals surface area contributed by atoms with E-state index in [0.717, 1.165) is 85.6 Å². The molecule has 198 valence electrons. The fourth-order valence-corrected chi connectivity index (χ4v) is 3.92. The molecule has 3 aromatic rings. The molecular weight excluding hydrogens is 460 g/mol. The first-order valence-corrected chi connectivity index (χ1v) is 13.0. The lowest BCUT2D eigenvalue weighted by atomic mass is 10.1. The zero-order valence-corrected chi connectivity index (χ0v) is 22.8. The standard InChI is InChI=1S/C30H42N6O/c1-35(2)21-7-5-19-33-29(31)25-13-9-23(10-14-25)27-17-18-28(37-27)24-11-15-26(16-12-24)30(32)34-20-6-8-22-36(3)4/h9-18H,5-8,19-22H2,1-4H3,(H2,31,33)(H2,32,34). The predicted octanol–water partition coefficient (Wildman–Crippen LogP) is 4.71. The number of rotatable bonds is 14. The molecular formula is C30H42N6O. The molecule has 0 saturated heterocycles. The van der Waals surface area contributed by atoms with Gasteiger partial charge in [-0.1, -0.05) is 48.5 Å². The second-order valence-electron chi connectivity index (χ2n) is 9.87. The monoisotopic (exact) mass is 502 g/mol. The summed E-state index contributed by atoms with van der Waals surface area (Å²) in [4.78, 5) is 13.4. The molecule has 0 amide bonds. The molecule has 0 unspecified atom stereocenters. The van der Waals surface area contributed by atoms with E-state index in [-0.39, 0.29) is 0 Å². The number of hydrogen-bond donors (Lipinski definition) is 2. The Kier molecular flexibility index (Phi) is 10.9. The molecule has 0 aliphatic rings. The molecule has 0 bridgehead atoms. The van der Waals surface area contributed by atoms with E-state index in [2.05, 4.69) is 48.0 Å². The topological polar surface area (TPSA) is 96.4 Å². The Labute approximate surface area is 221 Å². The van der Waals surface area contributed by atoms with Gasteiger partial charge in [-0.3, -0.25) is 9.98 Å². The largest absolute Gasteiger partial charge is 0.456 e. The minimum Gasteiger partial charge on any atom is -0.456 e. The van der Waals surface area contributed by atoms with Crippen LogP contribution in [-0.4, -0.2) is 75.8 Å². The highest BCUT2D eigenvalue weighted by Crippen LogP contribution is 2.29. The number of nitrogens with zero attached hydrogens (tertiary/aromatic N) is 4. The van der Waals surface area contributed by atoms with Gasteiger partial charge in [0, 0.05) is 35.3 Å². The molecule has 0 atom stereocenters. The van der Waals surface area contributed by atoms with E-state index in [1.54, 1.807) is 0 Å². The van der Waals surface area contributed by atoms with Gasteiger partial charge in [0.15, 0.2) is 0 Å². The molecule has 0 fully saturated rings. The zero-order valence-electron chi connectivity index (χ0n) is 22.8. The van der Waals surface area contributed by atoms with Crippen molar-refractivity contribution < 1.29 is 4.42 Å². The first kappa shape index (κ1) is 28.2. The Morgan fingerprint density at radius 2 is 0.973 bits per heavy atom. The predicted molar refractivity (Wildman–Crippen MR) is 156 cm³/mol. The molecule has 1 aromatic heterocycles. The van der Waals surface area contributed by atoms with Gasteiger partial charge in [-0.25, -0.2) is 0 Å². The highest BCUT2D eigenvalue weighted by atomic mass is 16.3. The molecule has 3 rings (SSSR count). The van der Waals surface area contributed by atoms with Crippen LogP contribution in [0.4, 0.5) is 0 Å². The van der Waals surface area contributed by atoms with Crippen LogP contribution >= 0.6 is 0 Å². The Bertz CT molecular complexity index is 1050. The maximum absolute atomic E-state index is 6.19.